The molecule has 1 aromatic carbocycles. The largest absolute Gasteiger partial charge is 0.416 e. The summed E-state index contributed by atoms with van der Waals surface area (Å²) < 4.78 is 54.6. The molecule has 1 aliphatic heterocycles. The van der Waals surface area contributed by atoms with E-state index in [1.807, 2.05) is 4.57 Å². The standard InChI is InChI=1S/C29H42F3N5O2S/c1-28(2)12-4-5-22(17-28)11-14-35-15-16-37(40(3)39)26(20-35)27(38)34-13-10-25-18-33-21-36(25)19-23-6-8-24(9-7-23)29(30,31)32/h6-9,18,21-22,26H,4-5,10-17,19-20H2,1-3H3,(H,34,38). The summed E-state index contributed by atoms with van der Waals surface area (Å²) in [6.45, 7) is 8.41. The van der Waals surface area contributed by atoms with E-state index < -0.39 is 28.8 Å². The molecule has 11 heteroatoms. The maximum absolute atomic E-state index is 13.2. The van der Waals surface area contributed by atoms with Gasteiger partial charge < -0.3 is 9.88 Å². The number of nitrogens with zero attached hydrogens (tertiary/aromatic N) is 4. The first-order valence-corrected chi connectivity index (χ1v) is 15.7. The molecular formula is C29H42F3N5O2S. The van der Waals surface area contributed by atoms with Crippen molar-refractivity contribution in [2.75, 3.05) is 39.0 Å². The molecule has 1 aliphatic carbocycles. The first-order valence-electron chi connectivity index (χ1n) is 14.2. The van der Waals surface area contributed by atoms with E-state index in [-0.39, 0.29) is 5.91 Å². The minimum atomic E-state index is -4.36. The molecule has 1 N–H and O–H groups in total. The highest BCUT2D eigenvalue weighted by molar-refractivity contribution is 7.81. The number of piperazine rings is 1. The van der Waals surface area contributed by atoms with Crippen molar-refractivity contribution in [3.63, 3.8) is 0 Å². The van der Waals surface area contributed by atoms with Crippen LogP contribution in [0.1, 0.15) is 62.8 Å². The van der Waals surface area contributed by atoms with E-state index in [1.54, 1.807) is 23.1 Å². The first kappa shape index (κ1) is 30.7. The monoisotopic (exact) mass is 581 g/mol. The molecule has 1 saturated carbocycles. The lowest BCUT2D eigenvalue weighted by molar-refractivity contribution is -0.137. The number of aromatic nitrogens is 2. The highest BCUT2D eigenvalue weighted by Crippen LogP contribution is 2.40. The van der Waals surface area contributed by atoms with Crippen LogP contribution in [0.5, 0.6) is 0 Å². The second-order valence-electron chi connectivity index (χ2n) is 12.0. The lowest BCUT2D eigenvalue weighted by atomic mass is 9.71. The van der Waals surface area contributed by atoms with Crippen LogP contribution in [0.2, 0.25) is 0 Å². The van der Waals surface area contributed by atoms with Crippen molar-refractivity contribution in [1.82, 2.24) is 24.1 Å². The summed E-state index contributed by atoms with van der Waals surface area (Å²) in [7, 11) is -1.24. The zero-order valence-electron chi connectivity index (χ0n) is 23.8. The van der Waals surface area contributed by atoms with Crippen molar-refractivity contribution in [2.24, 2.45) is 11.3 Å². The number of alkyl halides is 3. The van der Waals surface area contributed by atoms with Crippen molar-refractivity contribution < 1.29 is 22.2 Å². The lowest BCUT2D eigenvalue weighted by Gasteiger charge is -2.40. The summed E-state index contributed by atoms with van der Waals surface area (Å²) in [5.41, 5.74) is 1.34. The van der Waals surface area contributed by atoms with Gasteiger partial charge in [0.15, 0.2) is 0 Å². The molecule has 7 nitrogen and oxygen atoms in total. The third-order valence-corrected chi connectivity index (χ3v) is 9.42. The Bertz CT molecular complexity index is 1150. The molecule has 2 aromatic rings. The van der Waals surface area contributed by atoms with Crippen molar-refractivity contribution in [3.8, 4) is 0 Å². The number of rotatable bonds is 10. The molecule has 40 heavy (non-hydrogen) atoms. The van der Waals surface area contributed by atoms with Crippen molar-refractivity contribution in [1.29, 1.82) is 0 Å². The number of nitrogens with one attached hydrogen (secondary N) is 1. The van der Waals surface area contributed by atoms with Crippen LogP contribution in [0.15, 0.2) is 36.8 Å². The summed E-state index contributed by atoms with van der Waals surface area (Å²) in [6.07, 6.45) is 7.38. The van der Waals surface area contributed by atoms with Crippen molar-refractivity contribution in [3.05, 3.63) is 53.6 Å². The number of hydrogen-bond acceptors (Lipinski definition) is 4. The molecule has 4 rings (SSSR count). The van der Waals surface area contributed by atoms with Gasteiger partial charge in [-0.3, -0.25) is 9.69 Å². The van der Waals surface area contributed by atoms with Gasteiger partial charge in [0.25, 0.3) is 0 Å². The maximum atomic E-state index is 13.2. The van der Waals surface area contributed by atoms with Crippen molar-refractivity contribution in [2.45, 2.75) is 71.1 Å². The normalized spacial score (nSPS) is 23.1. The van der Waals surface area contributed by atoms with E-state index in [1.165, 1.54) is 37.8 Å². The Morgan fingerprint density at radius 1 is 1.20 bits per heavy atom. The second-order valence-corrected chi connectivity index (χ2v) is 13.4. The Labute approximate surface area is 238 Å². The van der Waals surface area contributed by atoms with E-state index in [0.717, 1.165) is 48.8 Å². The molecule has 3 atom stereocenters. The van der Waals surface area contributed by atoms with Crippen LogP contribution in [0.25, 0.3) is 0 Å². The number of imidazole rings is 1. The van der Waals surface area contributed by atoms with Gasteiger partial charge in [0.2, 0.25) is 5.91 Å². The summed E-state index contributed by atoms with van der Waals surface area (Å²) in [6, 6.07) is 4.63. The number of amides is 1. The first-order chi connectivity index (χ1) is 18.9. The number of hydrogen-bond donors (Lipinski definition) is 1. The van der Waals surface area contributed by atoms with Gasteiger partial charge in [-0.15, -0.1) is 0 Å². The smallest absolute Gasteiger partial charge is 0.354 e. The molecule has 0 spiro atoms. The van der Waals surface area contributed by atoms with Crippen LogP contribution in [-0.2, 0) is 34.9 Å². The summed E-state index contributed by atoms with van der Waals surface area (Å²) in [4.78, 5) is 19.8. The third-order valence-electron chi connectivity index (χ3n) is 8.32. The van der Waals surface area contributed by atoms with E-state index in [4.69, 9.17) is 0 Å². The molecule has 1 saturated heterocycles. The van der Waals surface area contributed by atoms with Gasteiger partial charge >= 0.3 is 6.18 Å². The predicted octanol–water partition coefficient (Wildman–Crippen LogP) is 4.50. The van der Waals surface area contributed by atoms with Gasteiger partial charge in [-0.05, 0) is 54.8 Å². The van der Waals surface area contributed by atoms with Crippen LogP contribution in [-0.4, -0.2) is 73.9 Å². The summed E-state index contributed by atoms with van der Waals surface area (Å²) in [5.74, 6) is 0.592. The quantitative estimate of drug-likeness (QED) is 0.449. The Morgan fingerprint density at radius 3 is 2.62 bits per heavy atom. The summed E-state index contributed by atoms with van der Waals surface area (Å²) in [5, 5.41) is 3.02. The van der Waals surface area contributed by atoms with Gasteiger partial charge in [0, 0.05) is 57.3 Å². The molecule has 2 heterocycles. The van der Waals surface area contributed by atoms with Gasteiger partial charge in [-0.2, -0.15) is 13.2 Å². The number of carbonyl (C=O) groups excluding carboxylic acids is 1. The second kappa shape index (κ2) is 13.2. The van der Waals surface area contributed by atoms with Crippen LogP contribution in [0, 0.1) is 11.3 Å². The van der Waals surface area contributed by atoms with Crippen LogP contribution in [0.4, 0.5) is 13.2 Å². The van der Waals surface area contributed by atoms with E-state index in [9.17, 15) is 22.2 Å². The van der Waals surface area contributed by atoms with E-state index in [2.05, 4.69) is 29.0 Å². The zero-order valence-corrected chi connectivity index (χ0v) is 24.6. The Hall–Kier alpha value is -2.24. The van der Waals surface area contributed by atoms with Crippen LogP contribution >= 0.6 is 0 Å². The molecule has 1 amide bonds. The fourth-order valence-corrected chi connectivity index (χ4v) is 7.00. The average Bonchev–Trinajstić information content (AvgIpc) is 3.33. The zero-order chi connectivity index (χ0) is 28.9. The number of benzene rings is 1. The van der Waals surface area contributed by atoms with Gasteiger partial charge in [0.1, 0.15) is 6.04 Å². The highest BCUT2D eigenvalue weighted by atomic mass is 32.2. The maximum Gasteiger partial charge on any atom is 0.416 e. The SMILES string of the molecule is CS(=O)N1CCN(CCC2CCCC(C)(C)C2)CC1C(=O)NCCc1cncn1Cc1ccc(C(F)(F)F)cc1. The Balaban J connectivity index is 1.28. The molecule has 2 fully saturated rings. The minimum Gasteiger partial charge on any atom is -0.354 e. The van der Waals surface area contributed by atoms with E-state index >= 15 is 0 Å². The molecule has 222 valence electrons. The van der Waals surface area contributed by atoms with Gasteiger partial charge in [0.05, 0.1) is 22.9 Å². The Morgan fingerprint density at radius 2 is 1.95 bits per heavy atom. The molecule has 0 radical (unpaired) electrons. The van der Waals surface area contributed by atoms with Crippen LogP contribution < -0.4 is 5.32 Å². The third kappa shape index (κ3) is 8.39. The average molecular weight is 582 g/mol. The number of carbonyl (C=O) groups is 1. The molecule has 2 aliphatic rings. The lowest BCUT2D eigenvalue weighted by Crippen LogP contribution is -2.59. The fourth-order valence-electron chi connectivity index (χ4n) is 6.14. The van der Waals surface area contributed by atoms with E-state index in [0.29, 0.717) is 38.0 Å². The fraction of sp³-hybridized carbons (Fsp3) is 0.655. The number of halogens is 3. The minimum absolute atomic E-state index is 0.132. The summed E-state index contributed by atoms with van der Waals surface area (Å²) >= 11 is 0. The molecule has 3 unspecified atom stereocenters. The Kier molecular flexibility index (Phi) is 10.1. The predicted molar refractivity (Wildman–Crippen MR) is 151 cm³/mol. The van der Waals surface area contributed by atoms with Gasteiger partial charge in [-0.1, -0.05) is 38.8 Å². The molecular weight excluding hydrogens is 539 g/mol. The molecule has 0 bridgehead atoms. The van der Waals surface area contributed by atoms with Crippen molar-refractivity contribution >= 4 is 16.9 Å². The molecule has 1 aromatic heterocycles. The topological polar surface area (TPSA) is 70.5 Å². The van der Waals surface area contributed by atoms with Gasteiger partial charge in [-0.25, -0.2) is 13.5 Å². The highest BCUT2D eigenvalue weighted by Gasteiger charge is 2.35. The van der Waals surface area contributed by atoms with Crippen LogP contribution in [0.3, 0.4) is 0 Å².